The molecular weight excluding hydrogens is 378 g/mol. The average Bonchev–Trinajstić information content (AvgIpc) is 2.72. The van der Waals surface area contributed by atoms with Crippen LogP contribution >= 0.6 is 11.6 Å². The number of carbonyl (C=O) groups is 2. The molecule has 0 fully saturated rings. The third-order valence-electron chi connectivity index (χ3n) is 4.14. The maximum Gasteiger partial charge on any atom is 0.307 e. The third kappa shape index (κ3) is 7.71. The van der Waals surface area contributed by atoms with Gasteiger partial charge in [0.1, 0.15) is 12.4 Å². The quantitative estimate of drug-likeness (QED) is 0.233. The minimum absolute atomic E-state index is 0.000484. The molecule has 0 saturated carbocycles. The topological polar surface area (TPSA) is 55.8 Å². The summed E-state index contributed by atoms with van der Waals surface area (Å²) in [5.74, 6) is 0.761. The Kier molecular flexibility index (Phi) is 9.52. The summed E-state index contributed by atoms with van der Waals surface area (Å²) in [6, 6.07) is 16.4. The Morgan fingerprint density at radius 1 is 0.929 bits per heavy atom. The van der Waals surface area contributed by atoms with Gasteiger partial charge >= 0.3 is 5.97 Å². The number of hydrogen-bond donors (Lipinski definition) is 0. The summed E-state index contributed by atoms with van der Waals surface area (Å²) < 4.78 is 10.8. The zero-order chi connectivity index (χ0) is 20.2. The van der Waals surface area contributed by atoms with Gasteiger partial charge in [-0.15, -0.1) is 11.6 Å². The Balaban J connectivity index is 1.65. The molecule has 2 aromatic carbocycles. The van der Waals surface area contributed by atoms with Crippen molar-refractivity contribution in [3.63, 3.8) is 0 Å². The Morgan fingerprint density at radius 2 is 1.61 bits per heavy atom. The number of ketones is 1. The van der Waals surface area contributed by atoms with E-state index in [2.05, 4.69) is 4.90 Å². The Morgan fingerprint density at radius 3 is 2.29 bits per heavy atom. The molecule has 0 saturated heterocycles. The third-order valence-corrected chi connectivity index (χ3v) is 4.33. The van der Waals surface area contributed by atoms with E-state index < -0.39 is 0 Å². The number of benzene rings is 2. The smallest absolute Gasteiger partial charge is 0.307 e. The van der Waals surface area contributed by atoms with Crippen LogP contribution in [0.4, 0.5) is 0 Å². The van der Waals surface area contributed by atoms with Crippen LogP contribution in [0.15, 0.2) is 54.6 Å². The summed E-state index contributed by atoms with van der Waals surface area (Å²) in [6.07, 6.45) is 1.09. The van der Waals surface area contributed by atoms with Crippen LogP contribution in [-0.2, 0) is 9.53 Å². The number of alkyl halides is 1. The first-order valence-corrected chi connectivity index (χ1v) is 9.86. The summed E-state index contributed by atoms with van der Waals surface area (Å²) in [5.41, 5.74) is 1.31. The molecule has 150 valence electrons. The highest BCUT2D eigenvalue weighted by molar-refractivity contribution is 6.18. The molecule has 0 radical (unpaired) electrons. The van der Waals surface area contributed by atoms with Crippen molar-refractivity contribution < 1.29 is 19.1 Å². The lowest BCUT2D eigenvalue weighted by Gasteiger charge is -2.16. The predicted octanol–water partition coefficient (Wildman–Crippen LogP) is 3.79. The number of rotatable bonds is 12. The summed E-state index contributed by atoms with van der Waals surface area (Å²) in [6.45, 7) is 2.44. The van der Waals surface area contributed by atoms with E-state index in [9.17, 15) is 9.59 Å². The lowest BCUT2D eigenvalue weighted by atomic mass is 10.0. The van der Waals surface area contributed by atoms with Crippen molar-refractivity contribution >= 4 is 23.4 Å². The maximum atomic E-state index is 12.4. The van der Waals surface area contributed by atoms with Gasteiger partial charge in [-0.2, -0.15) is 0 Å². The van der Waals surface area contributed by atoms with E-state index in [0.717, 1.165) is 18.7 Å². The van der Waals surface area contributed by atoms with Crippen LogP contribution in [0.1, 0.15) is 28.8 Å². The van der Waals surface area contributed by atoms with Crippen molar-refractivity contribution in [3.8, 4) is 5.75 Å². The molecular formula is C22H26ClNO4. The molecule has 0 aliphatic heterocycles. The zero-order valence-corrected chi connectivity index (χ0v) is 16.9. The van der Waals surface area contributed by atoms with Crippen molar-refractivity contribution in [2.75, 3.05) is 39.2 Å². The molecule has 0 N–H and O–H groups in total. The Bertz CT molecular complexity index is 734. The molecule has 6 heteroatoms. The number of nitrogens with zero attached hydrogens (tertiary/aromatic N) is 1. The van der Waals surface area contributed by atoms with Gasteiger partial charge in [-0.05, 0) is 37.7 Å². The predicted molar refractivity (Wildman–Crippen MR) is 110 cm³/mol. The second-order valence-corrected chi connectivity index (χ2v) is 6.76. The van der Waals surface area contributed by atoms with Gasteiger partial charge in [0.25, 0.3) is 0 Å². The van der Waals surface area contributed by atoms with Crippen LogP contribution < -0.4 is 4.74 Å². The van der Waals surface area contributed by atoms with Crippen molar-refractivity contribution in [2.45, 2.75) is 12.8 Å². The van der Waals surface area contributed by atoms with Gasteiger partial charge in [0.15, 0.2) is 5.78 Å². The first kappa shape index (κ1) is 21.9. The van der Waals surface area contributed by atoms with Gasteiger partial charge in [0.2, 0.25) is 0 Å². The van der Waals surface area contributed by atoms with E-state index in [-0.39, 0.29) is 24.1 Å². The number of likely N-dealkylation sites (N-methyl/N-ethyl adjacent to an activating group) is 1. The van der Waals surface area contributed by atoms with Gasteiger partial charge < -0.3 is 14.4 Å². The van der Waals surface area contributed by atoms with Crippen LogP contribution in [-0.4, -0.2) is 55.9 Å². The van der Waals surface area contributed by atoms with Crippen LogP contribution in [0.25, 0.3) is 0 Å². The van der Waals surface area contributed by atoms with Crippen molar-refractivity contribution in [2.24, 2.45) is 0 Å². The van der Waals surface area contributed by atoms with E-state index in [0.29, 0.717) is 30.9 Å². The lowest BCUT2D eigenvalue weighted by molar-refractivity contribution is -0.143. The molecule has 0 aliphatic carbocycles. The molecule has 0 amide bonds. The Hall–Kier alpha value is -2.37. The summed E-state index contributed by atoms with van der Waals surface area (Å²) in [5, 5.41) is 0. The highest BCUT2D eigenvalue weighted by atomic mass is 35.5. The first-order chi connectivity index (χ1) is 13.6. The summed E-state index contributed by atoms with van der Waals surface area (Å²) in [4.78, 5) is 25.7. The number of ether oxygens (including phenoxy) is 2. The van der Waals surface area contributed by atoms with Crippen LogP contribution in [0, 0.1) is 0 Å². The van der Waals surface area contributed by atoms with Crippen LogP contribution in [0.5, 0.6) is 5.75 Å². The van der Waals surface area contributed by atoms with Crippen molar-refractivity contribution in [3.05, 3.63) is 65.7 Å². The molecule has 0 unspecified atom stereocenters. The SMILES string of the molecule is CN(CCCOc1ccc(C(=O)c2ccccc2)cc1)CCOC(=O)CCCl. The largest absolute Gasteiger partial charge is 0.494 e. The molecule has 0 spiro atoms. The molecule has 0 heterocycles. The zero-order valence-electron chi connectivity index (χ0n) is 16.1. The van der Waals surface area contributed by atoms with Crippen LogP contribution in [0.2, 0.25) is 0 Å². The number of hydrogen-bond acceptors (Lipinski definition) is 5. The van der Waals surface area contributed by atoms with Gasteiger partial charge in [0.05, 0.1) is 13.0 Å². The molecule has 28 heavy (non-hydrogen) atoms. The number of esters is 1. The molecule has 5 nitrogen and oxygen atoms in total. The standard InChI is InChI=1S/C22H26ClNO4/c1-24(15-17-28-21(25)12-13-23)14-5-16-27-20-10-8-19(9-11-20)22(26)18-6-3-2-4-7-18/h2-4,6-11H,5,12-17H2,1H3. The highest BCUT2D eigenvalue weighted by Gasteiger charge is 2.08. The van der Waals surface area contributed by atoms with E-state index >= 15 is 0 Å². The molecule has 2 rings (SSSR count). The van der Waals surface area contributed by atoms with Crippen molar-refractivity contribution in [1.29, 1.82) is 0 Å². The highest BCUT2D eigenvalue weighted by Crippen LogP contribution is 2.15. The van der Waals surface area contributed by atoms with Gasteiger partial charge in [0, 0.05) is 30.1 Å². The van der Waals surface area contributed by atoms with E-state index in [1.807, 2.05) is 49.5 Å². The van der Waals surface area contributed by atoms with E-state index in [1.54, 1.807) is 12.1 Å². The monoisotopic (exact) mass is 403 g/mol. The molecule has 0 aliphatic rings. The maximum absolute atomic E-state index is 12.4. The lowest BCUT2D eigenvalue weighted by Crippen LogP contribution is -2.26. The van der Waals surface area contributed by atoms with Crippen molar-refractivity contribution in [1.82, 2.24) is 4.90 Å². The second kappa shape index (κ2) is 12.2. The Labute approximate surface area is 171 Å². The van der Waals surface area contributed by atoms with E-state index in [4.69, 9.17) is 21.1 Å². The second-order valence-electron chi connectivity index (χ2n) is 6.38. The molecule has 0 aromatic heterocycles. The average molecular weight is 404 g/mol. The van der Waals surface area contributed by atoms with Gasteiger partial charge in [-0.1, -0.05) is 30.3 Å². The summed E-state index contributed by atoms with van der Waals surface area (Å²) in [7, 11) is 1.97. The van der Waals surface area contributed by atoms with Crippen LogP contribution in [0.3, 0.4) is 0 Å². The fraction of sp³-hybridized carbons (Fsp3) is 0.364. The minimum Gasteiger partial charge on any atom is -0.494 e. The van der Waals surface area contributed by atoms with Gasteiger partial charge in [-0.25, -0.2) is 0 Å². The number of halogens is 1. The minimum atomic E-state index is -0.263. The first-order valence-electron chi connectivity index (χ1n) is 9.33. The molecule has 0 bridgehead atoms. The molecule has 0 atom stereocenters. The fourth-order valence-electron chi connectivity index (χ4n) is 2.56. The van der Waals surface area contributed by atoms with Gasteiger partial charge in [-0.3, -0.25) is 9.59 Å². The van der Waals surface area contributed by atoms with E-state index in [1.165, 1.54) is 0 Å². The molecule has 2 aromatic rings. The normalized spacial score (nSPS) is 10.7. The number of carbonyl (C=O) groups excluding carboxylic acids is 2. The fourth-order valence-corrected chi connectivity index (χ4v) is 2.71. The summed E-state index contributed by atoms with van der Waals surface area (Å²) >= 11 is 5.48.